The number of rotatable bonds is 5. The molecule has 1 amide bonds. The van der Waals surface area contributed by atoms with E-state index >= 15 is 0 Å². The lowest BCUT2D eigenvalue weighted by atomic mass is 9.85. The number of carbonyl (C=O) groups is 1. The average Bonchev–Trinajstić information content (AvgIpc) is 2.91. The third kappa shape index (κ3) is 3.54. The van der Waals surface area contributed by atoms with Gasteiger partial charge in [-0.25, -0.2) is 9.37 Å². The van der Waals surface area contributed by atoms with E-state index in [1.54, 1.807) is 29.8 Å². The van der Waals surface area contributed by atoms with Crippen LogP contribution in [0.25, 0.3) is 11.0 Å². The molecule has 0 saturated heterocycles. The van der Waals surface area contributed by atoms with E-state index in [2.05, 4.69) is 15.6 Å². The van der Waals surface area contributed by atoms with E-state index in [9.17, 15) is 9.18 Å². The van der Waals surface area contributed by atoms with Crippen molar-refractivity contribution in [2.45, 2.75) is 19.3 Å². The normalized spacial score (nSPS) is 14.1. The lowest BCUT2D eigenvalue weighted by Gasteiger charge is -2.25. The fourth-order valence-corrected chi connectivity index (χ4v) is 3.75. The van der Waals surface area contributed by atoms with Crippen LogP contribution in [0, 0.1) is 11.7 Å². The van der Waals surface area contributed by atoms with Gasteiger partial charge in [-0.15, -0.1) is 0 Å². The summed E-state index contributed by atoms with van der Waals surface area (Å²) in [6.45, 7) is 0.580. The first-order valence-electron chi connectivity index (χ1n) is 9.09. The zero-order chi connectivity index (χ0) is 19.8. The molecule has 2 N–H and O–H groups in total. The van der Waals surface area contributed by atoms with Crippen molar-refractivity contribution in [3.8, 4) is 0 Å². The van der Waals surface area contributed by atoms with Gasteiger partial charge in [-0.1, -0.05) is 35.7 Å². The second-order valence-electron chi connectivity index (χ2n) is 7.04. The summed E-state index contributed by atoms with van der Waals surface area (Å²) in [5.74, 6) is -0.0530. The lowest BCUT2D eigenvalue weighted by Crippen LogP contribution is -2.32. The third-order valence-electron chi connectivity index (χ3n) is 5.19. The minimum absolute atomic E-state index is 0.00718. The van der Waals surface area contributed by atoms with E-state index < -0.39 is 11.7 Å². The van der Waals surface area contributed by atoms with Gasteiger partial charge in [0.2, 0.25) is 5.95 Å². The second-order valence-corrected chi connectivity index (χ2v) is 7.86. The molecule has 28 heavy (non-hydrogen) atoms. The quantitative estimate of drug-likeness (QED) is 0.589. The minimum Gasteiger partial charge on any atom is -0.352 e. The molecular formula is C20H19Cl2FN4O. The number of aryl methyl sites for hydroxylation is 1. The molecule has 5 nitrogen and oxygen atoms in total. The number of fused-ring (bicyclic) bond motifs is 1. The molecule has 1 saturated carbocycles. The highest BCUT2D eigenvalue weighted by Gasteiger charge is 2.21. The van der Waals surface area contributed by atoms with Crippen LogP contribution in [0.1, 0.15) is 29.6 Å². The first-order chi connectivity index (χ1) is 13.4. The van der Waals surface area contributed by atoms with Crippen molar-refractivity contribution in [1.29, 1.82) is 0 Å². The molecule has 8 heteroatoms. The summed E-state index contributed by atoms with van der Waals surface area (Å²) in [6, 6.07) is 7.96. The maximum Gasteiger partial charge on any atom is 0.254 e. The van der Waals surface area contributed by atoms with Gasteiger partial charge in [0, 0.05) is 19.7 Å². The molecule has 0 aliphatic heterocycles. The smallest absolute Gasteiger partial charge is 0.254 e. The Morgan fingerprint density at radius 3 is 2.64 bits per heavy atom. The predicted molar refractivity (Wildman–Crippen MR) is 110 cm³/mol. The fourth-order valence-electron chi connectivity index (χ4n) is 3.26. The van der Waals surface area contributed by atoms with Gasteiger partial charge in [-0.2, -0.15) is 0 Å². The molecule has 1 aliphatic rings. The first-order valence-corrected chi connectivity index (χ1v) is 9.85. The van der Waals surface area contributed by atoms with Crippen LogP contribution in [-0.2, 0) is 7.05 Å². The number of hydrogen-bond acceptors (Lipinski definition) is 3. The number of halogens is 3. The minimum atomic E-state index is -0.580. The molecule has 146 valence electrons. The highest BCUT2D eigenvalue weighted by Crippen LogP contribution is 2.33. The van der Waals surface area contributed by atoms with E-state index in [-0.39, 0.29) is 5.56 Å². The van der Waals surface area contributed by atoms with Crippen molar-refractivity contribution in [3.05, 3.63) is 51.8 Å². The largest absolute Gasteiger partial charge is 0.352 e. The number of amides is 1. The maximum atomic E-state index is 14.6. The Balaban J connectivity index is 1.63. The van der Waals surface area contributed by atoms with Gasteiger partial charge in [0.25, 0.3) is 5.91 Å². The van der Waals surface area contributed by atoms with E-state index in [4.69, 9.17) is 23.2 Å². The zero-order valence-corrected chi connectivity index (χ0v) is 16.7. The van der Waals surface area contributed by atoms with Crippen LogP contribution in [-0.4, -0.2) is 22.0 Å². The van der Waals surface area contributed by atoms with Crippen molar-refractivity contribution in [3.63, 3.8) is 0 Å². The number of aromatic nitrogens is 2. The van der Waals surface area contributed by atoms with Crippen molar-refractivity contribution >= 4 is 51.8 Å². The number of para-hydroxylation sites is 1. The Labute approximate surface area is 171 Å². The monoisotopic (exact) mass is 420 g/mol. The summed E-state index contributed by atoms with van der Waals surface area (Å²) >= 11 is 12.4. The number of hydrogen-bond donors (Lipinski definition) is 2. The number of carbonyl (C=O) groups excluding carboxylic acids is 1. The Kier molecular flexibility index (Phi) is 5.17. The standard InChI is InChI=1S/C20H19Cl2FN4O/c1-27-17-9-15(23)12(19(28)24-10-11-4-2-5-11)8-16(17)25-20(27)26-18-13(21)6-3-7-14(18)22/h3,6-9,11H,2,4-5,10H2,1H3,(H,24,28)(H,25,26). The number of benzene rings is 2. The number of imidazole rings is 1. The molecule has 1 heterocycles. The van der Waals surface area contributed by atoms with Crippen molar-refractivity contribution < 1.29 is 9.18 Å². The van der Waals surface area contributed by atoms with E-state index in [0.717, 1.165) is 12.8 Å². The molecule has 1 fully saturated rings. The number of nitrogens with zero attached hydrogens (tertiary/aromatic N) is 2. The highest BCUT2D eigenvalue weighted by molar-refractivity contribution is 6.39. The molecule has 0 unspecified atom stereocenters. The van der Waals surface area contributed by atoms with Crippen LogP contribution in [0.15, 0.2) is 30.3 Å². The van der Waals surface area contributed by atoms with Gasteiger partial charge in [-0.3, -0.25) is 4.79 Å². The first kappa shape index (κ1) is 19.0. The Hall–Kier alpha value is -2.31. The topological polar surface area (TPSA) is 59.0 Å². The van der Waals surface area contributed by atoms with E-state index in [1.807, 2.05) is 0 Å². The Bertz CT molecular complexity index is 1040. The molecule has 0 spiro atoms. The number of nitrogens with one attached hydrogen (secondary N) is 2. The third-order valence-corrected chi connectivity index (χ3v) is 5.82. The Morgan fingerprint density at radius 1 is 1.29 bits per heavy atom. The van der Waals surface area contributed by atoms with Crippen LogP contribution in [0.2, 0.25) is 10.0 Å². The van der Waals surface area contributed by atoms with Gasteiger partial charge >= 0.3 is 0 Å². The van der Waals surface area contributed by atoms with E-state index in [1.165, 1.54) is 18.6 Å². The average molecular weight is 421 g/mol. The van der Waals surface area contributed by atoms with Gasteiger partial charge in [0.15, 0.2) is 0 Å². The van der Waals surface area contributed by atoms with Crippen LogP contribution in [0.5, 0.6) is 0 Å². The second kappa shape index (κ2) is 7.60. The van der Waals surface area contributed by atoms with Gasteiger partial charge in [-0.05, 0) is 37.0 Å². The zero-order valence-electron chi connectivity index (χ0n) is 15.2. The summed E-state index contributed by atoms with van der Waals surface area (Å²) in [4.78, 5) is 16.9. The fraction of sp³-hybridized carbons (Fsp3) is 0.300. The van der Waals surface area contributed by atoms with Crippen LogP contribution in [0.3, 0.4) is 0 Å². The predicted octanol–water partition coefficient (Wildman–Crippen LogP) is 5.29. The lowest BCUT2D eigenvalue weighted by molar-refractivity contribution is 0.0935. The molecule has 0 radical (unpaired) electrons. The summed E-state index contributed by atoms with van der Waals surface area (Å²) in [5, 5.41) is 6.80. The van der Waals surface area contributed by atoms with Crippen molar-refractivity contribution in [2.75, 3.05) is 11.9 Å². The molecule has 2 aromatic carbocycles. The summed E-state index contributed by atoms with van der Waals surface area (Å²) < 4.78 is 16.3. The molecule has 0 atom stereocenters. The molecular weight excluding hydrogens is 402 g/mol. The summed E-state index contributed by atoms with van der Waals surface area (Å²) in [5.41, 5.74) is 1.57. The van der Waals surface area contributed by atoms with E-state index in [0.29, 0.717) is 45.2 Å². The van der Waals surface area contributed by atoms with Crippen molar-refractivity contribution in [2.24, 2.45) is 13.0 Å². The van der Waals surface area contributed by atoms with Gasteiger partial charge < -0.3 is 15.2 Å². The highest BCUT2D eigenvalue weighted by atomic mass is 35.5. The summed E-state index contributed by atoms with van der Waals surface area (Å²) in [6.07, 6.45) is 3.42. The molecule has 1 aliphatic carbocycles. The molecule has 1 aromatic heterocycles. The molecule has 0 bridgehead atoms. The summed E-state index contributed by atoms with van der Waals surface area (Å²) in [7, 11) is 1.75. The van der Waals surface area contributed by atoms with Crippen molar-refractivity contribution in [1.82, 2.24) is 14.9 Å². The number of anilines is 2. The van der Waals surface area contributed by atoms with Crippen LogP contribution in [0.4, 0.5) is 16.0 Å². The van der Waals surface area contributed by atoms with Crippen LogP contribution >= 0.6 is 23.2 Å². The maximum absolute atomic E-state index is 14.6. The molecule has 4 rings (SSSR count). The molecule has 3 aromatic rings. The SMILES string of the molecule is Cn1c(Nc2c(Cl)cccc2Cl)nc2cc(C(=O)NCC3CCC3)c(F)cc21. The van der Waals surface area contributed by atoms with Crippen LogP contribution < -0.4 is 10.6 Å². The van der Waals surface area contributed by atoms with Gasteiger partial charge in [0.05, 0.1) is 32.3 Å². The Morgan fingerprint density at radius 2 is 2.00 bits per heavy atom. The van der Waals surface area contributed by atoms with Gasteiger partial charge in [0.1, 0.15) is 5.82 Å².